The van der Waals surface area contributed by atoms with Crippen molar-refractivity contribution in [3.05, 3.63) is 24.0 Å². The number of nitrogens with zero attached hydrogens (tertiary/aromatic N) is 7. The standard InChI is InChI=1S/C20H27N7O3S2/c1-2-3-8-26-18-7-6-16(32(28,29)25-9-11-30-12-10-25)13-17(18)21-19(26)14-31-20-22-23-24-27(20)15-4-5-15/h6-7,13,15H,2-5,8-12,14H2,1H3. The van der Waals surface area contributed by atoms with E-state index in [0.29, 0.717) is 43.6 Å². The van der Waals surface area contributed by atoms with Crippen LogP contribution in [-0.4, -0.2) is 68.8 Å². The number of sulfonamides is 1. The van der Waals surface area contributed by atoms with Gasteiger partial charge in [0, 0.05) is 19.6 Å². The fourth-order valence-electron chi connectivity index (χ4n) is 3.89. The van der Waals surface area contributed by atoms with E-state index in [1.807, 2.05) is 10.7 Å². The highest BCUT2D eigenvalue weighted by atomic mass is 32.2. The van der Waals surface area contributed by atoms with Crippen LogP contribution in [-0.2, 0) is 27.1 Å². The lowest BCUT2D eigenvalue weighted by Gasteiger charge is -2.26. The number of aryl methyl sites for hydroxylation is 1. The van der Waals surface area contributed by atoms with Gasteiger partial charge in [-0.25, -0.2) is 18.1 Å². The molecule has 0 N–H and O–H groups in total. The Morgan fingerprint density at radius 2 is 2.03 bits per heavy atom. The van der Waals surface area contributed by atoms with E-state index in [-0.39, 0.29) is 4.90 Å². The van der Waals surface area contributed by atoms with Crippen LogP contribution in [0.25, 0.3) is 11.0 Å². The van der Waals surface area contributed by atoms with Gasteiger partial charge < -0.3 is 9.30 Å². The topological polar surface area (TPSA) is 108 Å². The molecule has 0 amide bonds. The minimum Gasteiger partial charge on any atom is -0.379 e. The van der Waals surface area contributed by atoms with E-state index in [1.54, 1.807) is 23.9 Å². The molecule has 2 aliphatic rings. The van der Waals surface area contributed by atoms with E-state index in [0.717, 1.165) is 48.7 Å². The molecule has 0 spiro atoms. The van der Waals surface area contributed by atoms with Crippen LogP contribution in [0.1, 0.15) is 44.5 Å². The monoisotopic (exact) mass is 477 g/mol. The average Bonchev–Trinajstić information content (AvgIpc) is 3.44. The molecule has 3 heterocycles. The molecule has 0 bridgehead atoms. The van der Waals surface area contributed by atoms with Crippen LogP contribution in [0, 0.1) is 0 Å². The first-order valence-electron chi connectivity index (χ1n) is 11.1. The summed E-state index contributed by atoms with van der Waals surface area (Å²) in [4.78, 5) is 5.11. The SMILES string of the molecule is CCCCn1c(CSc2nnnn2C2CC2)nc2cc(S(=O)(=O)N3CCOCC3)ccc21. The first kappa shape index (κ1) is 21.8. The minimum atomic E-state index is -3.56. The molecule has 1 aliphatic heterocycles. The van der Waals surface area contributed by atoms with Crippen LogP contribution in [0.4, 0.5) is 0 Å². The van der Waals surface area contributed by atoms with Crippen LogP contribution in [0.2, 0.25) is 0 Å². The van der Waals surface area contributed by atoms with E-state index in [4.69, 9.17) is 9.72 Å². The van der Waals surface area contributed by atoms with Gasteiger partial charge in [-0.05, 0) is 47.9 Å². The third kappa shape index (κ3) is 4.28. The number of thioether (sulfide) groups is 1. The number of hydrogen-bond donors (Lipinski definition) is 0. The molecule has 2 aromatic heterocycles. The van der Waals surface area contributed by atoms with Crippen molar-refractivity contribution in [2.75, 3.05) is 26.3 Å². The Kier molecular flexibility index (Phi) is 6.19. The van der Waals surface area contributed by atoms with Gasteiger partial charge in [-0.1, -0.05) is 25.1 Å². The molecule has 12 heteroatoms. The Labute approximate surface area is 191 Å². The lowest BCUT2D eigenvalue weighted by Crippen LogP contribution is -2.40. The van der Waals surface area contributed by atoms with Gasteiger partial charge in [0.25, 0.3) is 0 Å². The molecule has 172 valence electrons. The molecular formula is C20H27N7O3S2. The third-order valence-corrected chi connectivity index (χ3v) is 8.65. The molecule has 5 rings (SSSR count). The molecule has 0 unspecified atom stereocenters. The maximum absolute atomic E-state index is 13.1. The van der Waals surface area contributed by atoms with E-state index in [9.17, 15) is 8.42 Å². The van der Waals surface area contributed by atoms with Crippen LogP contribution >= 0.6 is 11.8 Å². The molecule has 2 fully saturated rings. The first-order valence-corrected chi connectivity index (χ1v) is 13.5. The van der Waals surface area contributed by atoms with Gasteiger partial charge in [0.15, 0.2) is 0 Å². The van der Waals surface area contributed by atoms with Gasteiger partial charge in [-0.3, -0.25) is 0 Å². The molecule has 1 saturated carbocycles. The Bertz CT molecular complexity index is 1200. The van der Waals surface area contributed by atoms with Crippen LogP contribution < -0.4 is 0 Å². The van der Waals surface area contributed by atoms with Crippen LogP contribution in [0.3, 0.4) is 0 Å². The predicted molar refractivity (Wildman–Crippen MR) is 120 cm³/mol. The molecule has 1 aliphatic carbocycles. The normalized spacial score (nSPS) is 17.9. The summed E-state index contributed by atoms with van der Waals surface area (Å²) in [7, 11) is -3.56. The summed E-state index contributed by atoms with van der Waals surface area (Å²) in [6.07, 6.45) is 4.33. The number of tetrazole rings is 1. The minimum absolute atomic E-state index is 0.281. The lowest BCUT2D eigenvalue weighted by molar-refractivity contribution is 0.0730. The summed E-state index contributed by atoms with van der Waals surface area (Å²) >= 11 is 1.57. The predicted octanol–water partition coefficient (Wildman–Crippen LogP) is 2.47. The second-order valence-corrected chi connectivity index (χ2v) is 11.0. The maximum Gasteiger partial charge on any atom is 0.243 e. The third-order valence-electron chi connectivity index (χ3n) is 5.83. The van der Waals surface area contributed by atoms with E-state index in [1.165, 1.54) is 4.31 Å². The second kappa shape index (κ2) is 9.08. The number of unbranched alkanes of at least 4 members (excludes halogenated alkanes) is 1. The number of rotatable bonds is 9. The summed E-state index contributed by atoms with van der Waals surface area (Å²) in [6.45, 7) is 4.60. The summed E-state index contributed by atoms with van der Waals surface area (Å²) in [5.74, 6) is 1.53. The zero-order chi connectivity index (χ0) is 22.1. The Morgan fingerprint density at radius 3 is 2.78 bits per heavy atom. The van der Waals surface area contributed by atoms with Gasteiger partial charge in [0.05, 0.1) is 40.9 Å². The van der Waals surface area contributed by atoms with E-state index < -0.39 is 10.0 Å². The largest absolute Gasteiger partial charge is 0.379 e. The molecular weight excluding hydrogens is 450 g/mol. The maximum atomic E-state index is 13.1. The number of fused-ring (bicyclic) bond motifs is 1. The molecule has 1 saturated heterocycles. The zero-order valence-corrected chi connectivity index (χ0v) is 19.7. The first-order chi connectivity index (χ1) is 15.6. The number of morpholine rings is 1. The van der Waals surface area contributed by atoms with Crippen molar-refractivity contribution in [1.29, 1.82) is 0 Å². The summed E-state index contributed by atoms with van der Waals surface area (Å²) in [5.41, 5.74) is 1.66. The van der Waals surface area contributed by atoms with Crippen molar-refractivity contribution in [3.63, 3.8) is 0 Å². The Morgan fingerprint density at radius 1 is 1.22 bits per heavy atom. The van der Waals surface area contributed by atoms with Crippen LogP contribution in [0.15, 0.2) is 28.3 Å². The van der Waals surface area contributed by atoms with Gasteiger partial charge in [0.2, 0.25) is 15.2 Å². The number of benzene rings is 1. The second-order valence-electron chi connectivity index (χ2n) is 8.13. The fraction of sp³-hybridized carbons (Fsp3) is 0.600. The molecule has 0 radical (unpaired) electrons. The summed E-state index contributed by atoms with van der Waals surface area (Å²) in [6, 6.07) is 5.69. The zero-order valence-electron chi connectivity index (χ0n) is 18.1. The molecule has 0 atom stereocenters. The molecule has 32 heavy (non-hydrogen) atoms. The fourth-order valence-corrected chi connectivity index (χ4v) is 6.21. The highest BCUT2D eigenvalue weighted by Crippen LogP contribution is 2.37. The molecule has 1 aromatic carbocycles. The number of imidazole rings is 1. The van der Waals surface area contributed by atoms with Gasteiger partial charge in [0.1, 0.15) is 5.82 Å². The number of ether oxygens (including phenoxy) is 1. The number of hydrogen-bond acceptors (Lipinski definition) is 8. The van der Waals surface area contributed by atoms with Crippen LogP contribution in [0.5, 0.6) is 0 Å². The lowest BCUT2D eigenvalue weighted by atomic mass is 10.3. The highest BCUT2D eigenvalue weighted by molar-refractivity contribution is 7.98. The molecule has 3 aromatic rings. The van der Waals surface area contributed by atoms with E-state index >= 15 is 0 Å². The van der Waals surface area contributed by atoms with Gasteiger partial charge in [-0.2, -0.15) is 4.31 Å². The van der Waals surface area contributed by atoms with Crippen molar-refractivity contribution in [2.45, 2.75) is 61.0 Å². The number of aromatic nitrogens is 6. The van der Waals surface area contributed by atoms with E-state index in [2.05, 4.69) is 27.0 Å². The van der Waals surface area contributed by atoms with Crippen molar-refractivity contribution < 1.29 is 13.2 Å². The Hall–Kier alpha value is -2.02. The van der Waals surface area contributed by atoms with Crippen molar-refractivity contribution >= 4 is 32.8 Å². The Balaban J connectivity index is 1.44. The van der Waals surface area contributed by atoms with Gasteiger partial charge in [-0.15, -0.1) is 5.10 Å². The summed E-state index contributed by atoms with van der Waals surface area (Å²) < 4.78 is 37.1. The van der Waals surface area contributed by atoms with Crippen molar-refractivity contribution in [3.8, 4) is 0 Å². The quantitative estimate of drug-likeness (QED) is 0.433. The van der Waals surface area contributed by atoms with Crippen molar-refractivity contribution in [1.82, 2.24) is 34.1 Å². The average molecular weight is 478 g/mol. The van der Waals surface area contributed by atoms with Gasteiger partial charge >= 0.3 is 0 Å². The highest BCUT2D eigenvalue weighted by Gasteiger charge is 2.29. The van der Waals surface area contributed by atoms with Crippen molar-refractivity contribution in [2.24, 2.45) is 0 Å². The molecule has 10 nitrogen and oxygen atoms in total. The summed E-state index contributed by atoms with van der Waals surface area (Å²) in [5, 5.41) is 12.9. The smallest absolute Gasteiger partial charge is 0.243 e.